The molecule has 2 saturated heterocycles. The molecule has 1 unspecified atom stereocenters. The molecule has 1 aromatic carbocycles. The number of rotatable bonds is 6. The number of hydrogen-bond donors (Lipinski definition) is 1. The molecule has 2 N–H and O–H groups in total. The average molecular weight is 456 g/mol. The second kappa shape index (κ2) is 11.1. The van der Waals surface area contributed by atoms with E-state index in [0.717, 1.165) is 55.6 Å². The van der Waals surface area contributed by atoms with Crippen molar-refractivity contribution in [2.75, 3.05) is 31.9 Å². The maximum absolute atomic E-state index is 13.3. The summed E-state index contributed by atoms with van der Waals surface area (Å²) in [4.78, 5) is 26.7. The lowest BCUT2D eigenvalue weighted by molar-refractivity contribution is -0.135. The number of nitrogens with zero attached hydrogens (tertiary/aromatic N) is 4. The molecule has 0 radical (unpaired) electrons. The van der Waals surface area contributed by atoms with Crippen molar-refractivity contribution in [1.29, 1.82) is 0 Å². The van der Waals surface area contributed by atoms with E-state index >= 15 is 0 Å². The van der Waals surface area contributed by atoms with Crippen LogP contribution in [-0.4, -0.2) is 51.9 Å². The van der Waals surface area contributed by atoms with E-state index in [1.54, 1.807) is 6.20 Å². The summed E-state index contributed by atoms with van der Waals surface area (Å²) < 4.78 is 0. The molecule has 32 heavy (non-hydrogen) atoms. The van der Waals surface area contributed by atoms with Crippen molar-refractivity contribution in [1.82, 2.24) is 19.8 Å². The number of anilines is 1. The number of amides is 1. The number of hydrogen-bond acceptors (Lipinski definition) is 5. The third kappa shape index (κ3) is 5.78. The second-order valence-electron chi connectivity index (χ2n) is 8.99. The topological polar surface area (TPSA) is 75.3 Å². The Labute approximate surface area is 196 Å². The van der Waals surface area contributed by atoms with E-state index in [1.807, 2.05) is 29.2 Å². The number of halogens is 1. The van der Waals surface area contributed by atoms with Gasteiger partial charge in [0.25, 0.3) is 0 Å². The molecule has 172 valence electrons. The van der Waals surface area contributed by atoms with E-state index < -0.39 is 0 Å². The number of nitrogen functional groups attached to an aromatic ring is 1. The monoisotopic (exact) mass is 455 g/mol. The Morgan fingerprint density at radius 1 is 1.03 bits per heavy atom. The largest absolute Gasteiger partial charge is 0.368 e. The minimum Gasteiger partial charge on any atom is -0.368 e. The van der Waals surface area contributed by atoms with Gasteiger partial charge >= 0.3 is 0 Å². The van der Waals surface area contributed by atoms with Crippen LogP contribution < -0.4 is 5.73 Å². The van der Waals surface area contributed by atoms with Crippen LogP contribution in [0.1, 0.15) is 69.5 Å². The minimum atomic E-state index is -0.0644. The molecule has 1 atom stereocenters. The van der Waals surface area contributed by atoms with Gasteiger partial charge in [-0.25, -0.2) is 9.97 Å². The van der Waals surface area contributed by atoms with Gasteiger partial charge in [0.15, 0.2) is 0 Å². The van der Waals surface area contributed by atoms with Crippen molar-refractivity contribution in [3.8, 4) is 11.1 Å². The van der Waals surface area contributed by atoms with Gasteiger partial charge in [0.2, 0.25) is 11.9 Å². The molecule has 2 aromatic rings. The molecule has 7 heteroatoms. The van der Waals surface area contributed by atoms with Crippen LogP contribution in [0.4, 0.5) is 5.95 Å². The summed E-state index contributed by atoms with van der Waals surface area (Å²) in [5, 5.41) is 0.686. The normalized spacial score (nSPS) is 20.2. The summed E-state index contributed by atoms with van der Waals surface area (Å²) in [6.45, 7) is 4.13. The maximum atomic E-state index is 13.3. The van der Waals surface area contributed by atoms with Crippen LogP contribution >= 0.6 is 11.6 Å². The number of aromatic nitrogens is 2. The third-order valence-electron chi connectivity index (χ3n) is 6.69. The summed E-state index contributed by atoms with van der Waals surface area (Å²) in [7, 11) is 0. The third-order valence-corrected chi connectivity index (χ3v) is 6.95. The molecule has 6 nitrogen and oxygen atoms in total. The van der Waals surface area contributed by atoms with Crippen molar-refractivity contribution in [2.45, 2.75) is 63.8 Å². The van der Waals surface area contributed by atoms with Gasteiger partial charge in [-0.15, -0.1) is 0 Å². The summed E-state index contributed by atoms with van der Waals surface area (Å²) in [5.74, 6) is 0.473. The minimum absolute atomic E-state index is 0.0644. The zero-order valence-corrected chi connectivity index (χ0v) is 19.6. The lowest BCUT2D eigenvalue weighted by Gasteiger charge is -2.36. The molecule has 0 spiro atoms. The fourth-order valence-electron chi connectivity index (χ4n) is 4.99. The van der Waals surface area contributed by atoms with Gasteiger partial charge < -0.3 is 15.5 Å². The van der Waals surface area contributed by atoms with Crippen LogP contribution in [-0.2, 0) is 4.79 Å². The average Bonchev–Trinajstić information content (AvgIpc) is 3.08. The molecule has 0 bridgehead atoms. The van der Waals surface area contributed by atoms with Crippen LogP contribution in [0.5, 0.6) is 0 Å². The molecule has 1 amide bonds. The van der Waals surface area contributed by atoms with E-state index in [2.05, 4.69) is 14.9 Å². The van der Waals surface area contributed by atoms with Crippen LogP contribution in [0, 0.1) is 0 Å². The highest BCUT2D eigenvalue weighted by Gasteiger charge is 2.31. The molecule has 0 saturated carbocycles. The van der Waals surface area contributed by atoms with E-state index in [1.165, 1.54) is 38.8 Å². The fraction of sp³-hybridized carbons (Fsp3) is 0.560. The first-order valence-corrected chi connectivity index (χ1v) is 12.4. The number of nitrogens with two attached hydrogens (primary N) is 1. The van der Waals surface area contributed by atoms with E-state index in [4.69, 9.17) is 17.3 Å². The first-order valence-electron chi connectivity index (χ1n) is 12.0. The van der Waals surface area contributed by atoms with Gasteiger partial charge in [-0.3, -0.25) is 4.79 Å². The molecule has 2 aliphatic rings. The molecule has 4 rings (SSSR count). The Morgan fingerprint density at radius 2 is 1.75 bits per heavy atom. The molecule has 2 fully saturated rings. The van der Waals surface area contributed by atoms with Gasteiger partial charge in [-0.05, 0) is 75.9 Å². The van der Waals surface area contributed by atoms with E-state index in [0.29, 0.717) is 11.4 Å². The highest BCUT2D eigenvalue weighted by atomic mass is 35.5. The molecule has 0 aliphatic carbocycles. The Kier molecular flexibility index (Phi) is 7.98. The van der Waals surface area contributed by atoms with Crippen LogP contribution in [0.2, 0.25) is 5.02 Å². The number of likely N-dealkylation sites (tertiary alicyclic amines) is 2. The summed E-state index contributed by atoms with van der Waals surface area (Å²) >= 11 is 6.08. The smallest absolute Gasteiger partial charge is 0.223 e. The number of carbonyl (C=O) groups is 1. The zero-order chi connectivity index (χ0) is 22.3. The lowest BCUT2D eigenvalue weighted by atomic mass is 9.93. The molecular weight excluding hydrogens is 422 g/mol. The quantitative estimate of drug-likeness (QED) is 0.656. The van der Waals surface area contributed by atoms with Crippen molar-refractivity contribution < 1.29 is 4.79 Å². The van der Waals surface area contributed by atoms with Gasteiger partial charge in [-0.2, -0.15) is 0 Å². The van der Waals surface area contributed by atoms with Crippen LogP contribution in [0.15, 0.2) is 30.5 Å². The Morgan fingerprint density at radius 3 is 2.50 bits per heavy atom. The summed E-state index contributed by atoms with van der Waals surface area (Å²) in [5.41, 5.74) is 8.74. The first-order chi connectivity index (χ1) is 15.6. The Hall–Kier alpha value is -2.18. The fourth-order valence-corrected chi connectivity index (χ4v) is 5.11. The molecule has 2 aliphatic heterocycles. The van der Waals surface area contributed by atoms with Gasteiger partial charge in [-0.1, -0.05) is 36.6 Å². The highest BCUT2D eigenvalue weighted by Crippen LogP contribution is 2.36. The Balaban J connectivity index is 1.48. The van der Waals surface area contributed by atoms with Crippen molar-refractivity contribution in [3.05, 3.63) is 41.2 Å². The standard InChI is InChI=1S/C25H34ClN5O/c26-20-12-10-19(11-13-20)21-18-28-25(27)29-24(21)22-8-3-6-17-31(22)23(32)9-7-16-30-14-4-1-2-5-15-30/h10-13,18,22H,1-9,14-17H2,(H2,27,28,29). The van der Waals surface area contributed by atoms with Gasteiger partial charge in [0.1, 0.15) is 0 Å². The van der Waals surface area contributed by atoms with Crippen LogP contribution in [0.3, 0.4) is 0 Å². The SMILES string of the molecule is Nc1ncc(-c2ccc(Cl)cc2)c(C2CCCCN2C(=O)CCCN2CCCCCC2)n1. The number of carbonyl (C=O) groups excluding carboxylic acids is 1. The molecular formula is C25H34ClN5O. The van der Waals surface area contributed by atoms with Crippen molar-refractivity contribution in [2.24, 2.45) is 0 Å². The summed E-state index contributed by atoms with van der Waals surface area (Å²) in [6, 6.07) is 7.60. The van der Waals surface area contributed by atoms with Gasteiger partial charge in [0, 0.05) is 29.7 Å². The second-order valence-corrected chi connectivity index (χ2v) is 9.43. The van der Waals surface area contributed by atoms with Crippen LogP contribution in [0.25, 0.3) is 11.1 Å². The number of piperidine rings is 1. The number of benzene rings is 1. The van der Waals surface area contributed by atoms with E-state index in [-0.39, 0.29) is 17.9 Å². The van der Waals surface area contributed by atoms with Gasteiger partial charge in [0.05, 0.1) is 11.7 Å². The predicted octanol–water partition coefficient (Wildman–Crippen LogP) is 5.09. The van der Waals surface area contributed by atoms with Crippen molar-refractivity contribution in [3.63, 3.8) is 0 Å². The van der Waals surface area contributed by atoms with Crippen molar-refractivity contribution >= 4 is 23.5 Å². The zero-order valence-electron chi connectivity index (χ0n) is 18.8. The molecule has 1 aromatic heterocycles. The molecule has 3 heterocycles. The Bertz CT molecular complexity index is 896. The highest BCUT2D eigenvalue weighted by molar-refractivity contribution is 6.30. The van der Waals surface area contributed by atoms with E-state index in [9.17, 15) is 4.79 Å². The lowest BCUT2D eigenvalue weighted by Crippen LogP contribution is -2.39. The predicted molar refractivity (Wildman–Crippen MR) is 129 cm³/mol. The first kappa shape index (κ1) is 23.0. The maximum Gasteiger partial charge on any atom is 0.223 e. The summed E-state index contributed by atoms with van der Waals surface area (Å²) in [6.07, 6.45) is 11.5.